The highest BCUT2D eigenvalue weighted by Gasteiger charge is 2.39. The number of fused-ring (bicyclic) bond motifs is 1. The van der Waals surface area contributed by atoms with Gasteiger partial charge >= 0.3 is 0 Å². The van der Waals surface area contributed by atoms with Gasteiger partial charge in [-0.15, -0.1) is 0 Å². The molecule has 126 valence electrons. The molecular weight excluding hydrogens is 305 g/mol. The predicted octanol–water partition coefficient (Wildman–Crippen LogP) is 4.16. The molecule has 0 radical (unpaired) electrons. The fraction of sp³-hybridized carbons (Fsp3) is 0.368. The second-order valence-corrected chi connectivity index (χ2v) is 6.26. The summed E-state index contributed by atoms with van der Waals surface area (Å²) in [7, 11) is 0. The average molecular weight is 327 g/mol. The number of pyridine rings is 1. The van der Waals surface area contributed by atoms with E-state index in [4.69, 9.17) is 0 Å². The third-order valence-corrected chi connectivity index (χ3v) is 4.77. The molecule has 0 fully saturated rings. The Morgan fingerprint density at radius 1 is 1.33 bits per heavy atom. The highest BCUT2D eigenvalue weighted by atomic mass is 19.1. The highest BCUT2D eigenvalue weighted by Crippen LogP contribution is 2.43. The number of benzene rings is 1. The van der Waals surface area contributed by atoms with Gasteiger partial charge in [-0.3, -0.25) is 4.79 Å². The number of amides is 1. The number of hydrogen-bond acceptors (Lipinski definition) is 3. The van der Waals surface area contributed by atoms with Crippen LogP contribution in [0.1, 0.15) is 38.8 Å². The first kappa shape index (κ1) is 16.4. The van der Waals surface area contributed by atoms with Crippen molar-refractivity contribution in [2.24, 2.45) is 5.92 Å². The second kappa shape index (κ2) is 6.59. The van der Waals surface area contributed by atoms with Crippen LogP contribution in [0.5, 0.6) is 0 Å². The summed E-state index contributed by atoms with van der Waals surface area (Å²) in [6.07, 6.45) is 2.56. The van der Waals surface area contributed by atoms with Gasteiger partial charge in [0.2, 0.25) is 5.91 Å². The van der Waals surface area contributed by atoms with Crippen LogP contribution < -0.4 is 10.2 Å². The Balaban J connectivity index is 2.09. The molecule has 2 aromatic rings. The van der Waals surface area contributed by atoms with Crippen molar-refractivity contribution < 1.29 is 9.18 Å². The zero-order valence-electron chi connectivity index (χ0n) is 14.2. The number of nitrogens with zero attached hydrogens (tertiary/aromatic N) is 2. The Morgan fingerprint density at radius 3 is 2.75 bits per heavy atom. The van der Waals surface area contributed by atoms with E-state index in [1.54, 1.807) is 24.1 Å². The smallest absolute Gasteiger partial charge is 0.224 e. The highest BCUT2D eigenvalue weighted by molar-refractivity contribution is 5.94. The number of anilines is 2. The Morgan fingerprint density at radius 2 is 2.12 bits per heavy atom. The minimum atomic E-state index is -0.299. The third-order valence-electron chi connectivity index (χ3n) is 4.77. The van der Waals surface area contributed by atoms with E-state index in [0.29, 0.717) is 0 Å². The summed E-state index contributed by atoms with van der Waals surface area (Å²) in [6, 6.07) is 10.2. The van der Waals surface area contributed by atoms with Crippen molar-refractivity contribution >= 4 is 17.4 Å². The molecule has 24 heavy (non-hydrogen) atoms. The number of carbonyl (C=O) groups excluding carboxylic acids is 1. The van der Waals surface area contributed by atoms with Gasteiger partial charge < -0.3 is 10.2 Å². The van der Waals surface area contributed by atoms with E-state index < -0.39 is 0 Å². The maximum Gasteiger partial charge on any atom is 0.224 e. The van der Waals surface area contributed by atoms with E-state index in [1.165, 1.54) is 12.1 Å². The zero-order valence-corrected chi connectivity index (χ0v) is 14.2. The summed E-state index contributed by atoms with van der Waals surface area (Å²) >= 11 is 0. The summed E-state index contributed by atoms with van der Waals surface area (Å²) in [6.45, 7) is 5.73. The molecule has 3 atom stereocenters. The molecule has 1 N–H and O–H groups in total. The maximum atomic E-state index is 13.9. The maximum absolute atomic E-state index is 13.9. The van der Waals surface area contributed by atoms with Gasteiger partial charge in [0.05, 0.1) is 6.04 Å². The summed E-state index contributed by atoms with van der Waals surface area (Å²) in [5.74, 6) is 0.552. The molecule has 0 saturated carbocycles. The molecule has 4 nitrogen and oxygen atoms in total. The summed E-state index contributed by atoms with van der Waals surface area (Å²) in [5, 5.41) is 3.42. The van der Waals surface area contributed by atoms with E-state index >= 15 is 0 Å². The first-order valence-electron chi connectivity index (χ1n) is 8.29. The SMILES string of the molecule is CC[C@H]1[C@H](C)[C@@H](Nc2ccccn2)c2cc(F)ccc2N1C(C)=O. The summed E-state index contributed by atoms with van der Waals surface area (Å²) in [4.78, 5) is 18.3. The lowest BCUT2D eigenvalue weighted by atomic mass is 9.81. The largest absolute Gasteiger partial charge is 0.363 e. The molecule has 0 bridgehead atoms. The van der Waals surface area contributed by atoms with E-state index in [-0.39, 0.29) is 29.7 Å². The standard InChI is InChI=1S/C19H22FN3O/c1-4-16-12(2)19(22-18-7-5-6-10-21-18)15-11-14(20)8-9-17(15)23(16)13(3)24/h5-12,16,19H,4H2,1-3H3,(H,21,22)/t12-,16-,19+/m0/s1. The topological polar surface area (TPSA) is 45.2 Å². The molecule has 1 aromatic carbocycles. The minimum absolute atomic E-state index is 0.0159. The van der Waals surface area contributed by atoms with Crippen LogP contribution in [0.4, 0.5) is 15.9 Å². The van der Waals surface area contributed by atoms with Crippen molar-refractivity contribution in [2.45, 2.75) is 39.3 Å². The van der Waals surface area contributed by atoms with E-state index in [1.807, 2.05) is 18.2 Å². The second-order valence-electron chi connectivity index (χ2n) is 6.26. The van der Waals surface area contributed by atoms with Gasteiger partial charge in [0.15, 0.2) is 0 Å². The molecule has 1 aliphatic heterocycles. The third kappa shape index (κ3) is 2.86. The molecular formula is C19H22FN3O. The lowest BCUT2D eigenvalue weighted by Gasteiger charge is -2.45. The lowest BCUT2D eigenvalue weighted by molar-refractivity contribution is -0.117. The average Bonchev–Trinajstić information content (AvgIpc) is 2.57. The van der Waals surface area contributed by atoms with Crippen molar-refractivity contribution in [1.29, 1.82) is 0 Å². The molecule has 0 spiro atoms. The van der Waals surface area contributed by atoms with Crippen LogP contribution in [0, 0.1) is 11.7 Å². The normalized spacial score (nSPS) is 22.8. The van der Waals surface area contributed by atoms with Gasteiger partial charge in [-0.2, -0.15) is 0 Å². The molecule has 1 aliphatic rings. The van der Waals surface area contributed by atoms with Crippen molar-refractivity contribution in [3.8, 4) is 0 Å². The van der Waals surface area contributed by atoms with Gasteiger partial charge in [0.25, 0.3) is 0 Å². The van der Waals surface area contributed by atoms with Crippen molar-refractivity contribution in [2.75, 3.05) is 10.2 Å². The van der Waals surface area contributed by atoms with Crippen LogP contribution in [0.3, 0.4) is 0 Å². The molecule has 2 heterocycles. The molecule has 3 rings (SSSR count). The monoisotopic (exact) mass is 327 g/mol. The first-order chi connectivity index (χ1) is 11.5. The Bertz CT molecular complexity index is 735. The minimum Gasteiger partial charge on any atom is -0.363 e. The van der Waals surface area contributed by atoms with Crippen LogP contribution in [0.25, 0.3) is 0 Å². The van der Waals surface area contributed by atoms with Crippen molar-refractivity contribution in [1.82, 2.24) is 4.98 Å². The van der Waals surface area contributed by atoms with Crippen LogP contribution in [-0.2, 0) is 4.79 Å². The van der Waals surface area contributed by atoms with E-state index in [0.717, 1.165) is 23.5 Å². The Labute approximate surface area is 141 Å². The summed E-state index contributed by atoms with van der Waals surface area (Å²) in [5.41, 5.74) is 1.58. The van der Waals surface area contributed by atoms with Gasteiger partial charge in [-0.25, -0.2) is 9.37 Å². The first-order valence-corrected chi connectivity index (χ1v) is 8.29. The van der Waals surface area contributed by atoms with E-state index in [2.05, 4.69) is 24.1 Å². The Kier molecular flexibility index (Phi) is 4.51. The van der Waals surface area contributed by atoms with Gasteiger partial charge in [-0.05, 0) is 36.8 Å². The number of rotatable bonds is 3. The summed E-state index contributed by atoms with van der Waals surface area (Å²) < 4.78 is 13.9. The fourth-order valence-corrected chi connectivity index (χ4v) is 3.69. The lowest BCUT2D eigenvalue weighted by Crippen LogP contribution is -2.49. The van der Waals surface area contributed by atoms with Gasteiger partial charge in [0.1, 0.15) is 11.6 Å². The predicted molar refractivity (Wildman–Crippen MR) is 93.4 cm³/mol. The van der Waals surface area contributed by atoms with Gasteiger partial charge in [-0.1, -0.05) is 19.9 Å². The van der Waals surface area contributed by atoms with Crippen molar-refractivity contribution in [3.05, 3.63) is 54.0 Å². The molecule has 0 aliphatic carbocycles. The zero-order chi connectivity index (χ0) is 17.3. The number of nitrogens with one attached hydrogen (secondary N) is 1. The fourth-order valence-electron chi connectivity index (χ4n) is 3.69. The quantitative estimate of drug-likeness (QED) is 0.921. The number of carbonyl (C=O) groups is 1. The molecule has 0 unspecified atom stereocenters. The molecule has 5 heteroatoms. The van der Waals surface area contributed by atoms with Crippen LogP contribution >= 0.6 is 0 Å². The van der Waals surface area contributed by atoms with Crippen LogP contribution in [0.2, 0.25) is 0 Å². The number of aromatic nitrogens is 1. The number of halogens is 1. The van der Waals surface area contributed by atoms with Crippen LogP contribution in [-0.4, -0.2) is 16.9 Å². The molecule has 1 amide bonds. The number of hydrogen-bond donors (Lipinski definition) is 1. The molecule has 0 saturated heterocycles. The van der Waals surface area contributed by atoms with Crippen LogP contribution in [0.15, 0.2) is 42.6 Å². The van der Waals surface area contributed by atoms with E-state index in [9.17, 15) is 9.18 Å². The Hall–Kier alpha value is -2.43. The molecule has 1 aromatic heterocycles. The van der Waals surface area contributed by atoms with Gasteiger partial charge in [0, 0.05) is 36.3 Å². The van der Waals surface area contributed by atoms with Crippen molar-refractivity contribution in [3.63, 3.8) is 0 Å².